The van der Waals surface area contributed by atoms with Crippen molar-refractivity contribution in [3.05, 3.63) is 57.4 Å². The Morgan fingerprint density at radius 3 is 2.66 bits per heavy atom. The number of carbonyl (C=O) groups excluding carboxylic acids is 2. The van der Waals surface area contributed by atoms with Gasteiger partial charge in [0.2, 0.25) is 0 Å². The minimum Gasteiger partial charge on any atom is -0.458 e. The van der Waals surface area contributed by atoms with Gasteiger partial charge in [0.15, 0.2) is 5.60 Å². The average molecular weight is 559 g/mol. The number of benzene rings is 1. The Hall–Kier alpha value is -3.76. The van der Waals surface area contributed by atoms with Gasteiger partial charge in [-0.2, -0.15) is 0 Å². The molecule has 0 spiro atoms. The molecule has 214 valence electrons. The number of rotatable bonds is 3. The van der Waals surface area contributed by atoms with E-state index in [1.54, 1.807) is 34.6 Å². The van der Waals surface area contributed by atoms with Crippen LogP contribution < -0.4 is 10.3 Å². The van der Waals surface area contributed by atoms with Gasteiger partial charge in [-0.15, -0.1) is 0 Å². The Labute approximate surface area is 237 Å². The van der Waals surface area contributed by atoms with Crippen molar-refractivity contribution >= 4 is 23.0 Å². The number of amides is 1. The van der Waals surface area contributed by atoms with Crippen LogP contribution in [-0.2, 0) is 28.3 Å². The smallest absolute Gasteiger partial charge is 0.415 e. The Morgan fingerprint density at radius 2 is 1.90 bits per heavy atom. The SMILES string of the molecule is CC[C@@]1(O)C(=O)OCc2c1cc1n(c2=O)Cc2cc3c(OC(=O)N4CCC(N5CCCCC5)CC4)cccc3nc2-1. The van der Waals surface area contributed by atoms with Gasteiger partial charge in [-0.05, 0) is 69.5 Å². The van der Waals surface area contributed by atoms with Crippen LogP contribution in [0.3, 0.4) is 0 Å². The fraction of sp³-hybridized carbons (Fsp3) is 0.484. The normalized spacial score (nSPS) is 22.7. The first-order chi connectivity index (χ1) is 19.9. The van der Waals surface area contributed by atoms with Crippen molar-refractivity contribution in [2.75, 3.05) is 26.2 Å². The highest BCUT2D eigenvalue weighted by molar-refractivity contribution is 5.91. The number of ether oxygens (including phenoxy) is 2. The summed E-state index contributed by atoms with van der Waals surface area (Å²) < 4.78 is 12.7. The Bertz CT molecular complexity index is 1620. The van der Waals surface area contributed by atoms with Crippen LogP contribution in [0.15, 0.2) is 35.1 Å². The molecule has 0 unspecified atom stereocenters. The van der Waals surface area contributed by atoms with Crippen molar-refractivity contribution in [1.29, 1.82) is 0 Å². The molecule has 41 heavy (non-hydrogen) atoms. The molecule has 1 N–H and O–H groups in total. The summed E-state index contributed by atoms with van der Waals surface area (Å²) in [5, 5.41) is 11.8. The first kappa shape index (κ1) is 26.2. The highest BCUT2D eigenvalue weighted by atomic mass is 16.6. The van der Waals surface area contributed by atoms with E-state index in [9.17, 15) is 19.5 Å². The largest absolute Gasteiger partial charge is 0.458 e. The number of hydrogen-bond donors (Lipinski definition) is 1. The fourth-order valence-corrected chi connectivity index (χ4v) is 6.92. The van der Waals surface area contributed by atoms with Gasteiger partial charge in [0, 0.05) is 35.6 Å². The monoisotopic (exact) mass is 558 g/mol. The van der Waals surface area contributed by atoms with Crippen LogP contribution in [0.2, 0.25) is 0 Å². The van der Waals surface area contributed by atoms with Gasteiger partial charge in [0.05, 0.1) is 29.0 Å². The molecule has 7 rings (SSSR count). The molecular weight excluding hydrogens is 524 g/mol. The van der Waals surface area contributed by atoms with Crippen LogP contribution in [0.5, 0.6) is 5.75 Å². The summed E-state index contributed by atoms with van der Waals surface area (Å²) >= 11 is 0. The highest BCUT2D eigenvalue weighted by Gasteiger charge is 2.45. The maximum absolute atomic E-state index is 13.4. The fourth-order valence-electron chi connectivity index (χ4n) is 6.92. The van der Waals surface area contributed by atoms with E-state index in [4.69, 9.17) is 14.5 Å². The number of fused-ring (bicyclic) bond motifs is 5. The number of carbonyl (C=O) groups is 2. The molecule has 1 atom stereocenters. The van der Waals surface area contributed by atoms with Crippen LogP contribution in [0.4, 0.5) is 4.79 Å². The van der Waals surface area contributed by atoms with Crippen LogP contribution in [0, 0.1) is 0 Å². The van der Waals surface area contributed by atoms with Crippen molar-refractivity contribution < 1.29 is 24.2 Å². The summed E-state index contributed by atoms with van der Waals surface area (Å²) in [7, 11) is 0. The van der Waals surface area contributed by atoms with E-state index in [0.717, 1.165) is 31.5 Å². The molecule has 1 aromatic carbocycles. The highest BCUT2D eigenvalue weighted by Crippen LogP contribution is 2.39. The Kier molecular flexibility index (Phi) is 6.35. The van der Waals surface area contributed by atoms with Gasteiger partial charge < -0.3 is 28.9 Å². The van der Waals surface area contributed by atoms with Crippen LogP contribution >= 0.6 is 0 Å². The number of pyridine rings is 2. The van der Waals surface area contributed by atoms with Gasteiger partial charge >= 0.3 is 12.1 Å². The van der Waals surface area contributed by atoms with E-state index in [1.807, 2.05) is 12.1 Å². The number of piperidine rings is 2. The second-order valence-corrected chi connectivity index (χ2v) is 11.6. The third-order valence-corrected chi connectivity index (χ3v) is 9.34. The lowest BCUT2D eigenvalue weighted by Crippen LogP contribution is -2.48. The van der Waals surface area contributed by atoms with E-state index in [1.165, 1.54) is 19.3 Å². The lowest BCUT2D eigenvalue weighted by molar-refractivity contribution is -0.172. The summed E-state index contributed by atoms with van der Waals surface area (Å²) in [5.41, 5.74) is 0.980. The zero-order valence-electron chi connectivity index (χ0n) is 23.2. The molecule has 0 bridgehead atoms. The molecule has 6 heterocycles. The molecule has 3 aromatic rings. The van der Waals surface area contributed by atoms with Crippen molar-refractivity contribution in [3.8, 4) is 17.1 Å². The number of hydrogen-bond acceptors (Lipinski definition) is 8. The molecule has 4 aliphatic heterocycles. The van der Waals surface area contributed by atoms with E-state index in [2.05, 4.69) is 4.90 Å². The molecule has 2 fully saturated rings. The summed E-state index contributed by atoms with van der Waals surface area (Å²) in [5.74, 6) is -0.313. The van der Waals surface area contributed by atoms with E-state index < -0.39 is 11.6 Å². The number of aliphatic hydroxyl groups is 1. The lowest BCUT2D eigenvalue weighted by atomic mass is 9.86. The van der Waals surface area contributed by atoms with E-state index >= 15 is 0 Å². The zero-order chi connectivity index (χ0) is 28.3. The molecule has 10 heteroatoms. The minimum atomic E-state index is -1.87. The molecule has 2 saturated heterocycles. The van der Waals surface area contributed by atoms with Gasteiger partial charge in [0.25, 0.3) is 5.56 Å². The molecule has 1 amide bonds. The maximum Gasteiger partial charge on any atom is 0.415 e. The van der Waals surface area contributed by atoms with Gasteiger partial charge in [-0.3, -0.25) is 4.79 Å². The van der Waals surface area contributed by atoms with Crippen LogP contribution in [0.25, 0.3) is 22.3 Å². The zero-order valence-corrected chi connectivity index (χ0v) is 23.2. The number of nitrogens with zero attached hydrogens (tertiary/aromatic N) is 4. The number of likely N-dealkylation sites (tertiary alicyclic amines) is 2. The molecule has 2 aromatic heterocycles. The molecule has 10 nitrogen and oxygen atoms in total. The standard InChI is InChI=1S/C31H34N4O6/c1-2-31(39)23-16-25-27-19(17-35(25)28(36)22(23)18-40-29(31)37)15-21-24(32-27)7-6-8-26(21)41-30(38)34-13-9-20(10-14-34)33-11-4-3-5-12-33/h6-8,15-16,20,39H,2-5,9-14,17-18H2,1H3/t31-/m0/s1. The summed E-state index contributed by atoms with van der Waals surface area (Å²) in [6.45, 7) is 5.47. The quantitative estimate of drug-likeness (QED) is 0.380. The molecule has 0 radical (unpaired) electrons. The molecule has 0 saturated carbocycles. The molecular formula is C31H34N4O6. The lowest BCUT2D eigenvalue weighted by Gasteiger charge is -2.39. The first-order valence-electron chi connectivity index (χ1n) is 14.7. The van der Waals surface area contributed by atoms with Crippen molar-refractivity contribution in [2.45, 2.75) is 70.2 Å². The average Bonchev–Trinajstić information content (AvgIpc) is 3.37. The topological polar surface area (TPSA) is 114 Å². The van der Waals surface area contributed by atoms with E-state index in [0.29, 0.717) is 47.2 Å². The molecule has 0 aliphatic carbocycles. The van der Waals surface area contributed by atoms with E-state index in [-0.39, 0.29) is 42.4 Å². The summed E-state index contributed by atoms with van der Waals surface area (Å²) in [6, 6.07) is 9.57. The predicted octanol–water partition coefficient (Wildman–Crippen LogP) is 3.53. The van der Waals surface area contributed by atoms with Gasteiger partial charge in [-0.1, -0.05) is 19.4 Å². The predicted molar refractivity (Wildman–Crippen MR) is 151 cm³/mol. The summed E-state index contributed by atoms with van der Waals surface area (Å²) in [4.78, 5) is 48.3. The number of aromatic nitrogens is 2. The maximum atomic E-state index is 13.4. The third kappa shape index (κ3) is 4.23. The number of cyclic esters (lactones) is 1. The van der Waals surface area contributed by atoms with Crippen molar-refractivity contribution in [1.82, 2.24) is 19.4 Å². The Balaban J connectivity index is 1.16. The van der Waals surface area contributed by atoms with Crippen LogP contribution in [0.1, 0.15) is 62.1 Å². The van der Waals surface area contributed by atoms with Gasteiger partial charge in [0.1, 0.15) is 12.4 Å². The third-order valence-electron chi connectivity index (χ3n) is 9.34. The molecule has 4 aliphatic rings. The Morgan fingerprint density at radius 1 is 1.12 bits per heavy atom. The van der Waals surface area contributed by atoms with Crippen LogP contribution in [-0.4, -0.2) is 68.7 Å². The second kappa shape index (κ2) is 9.95. The second-order valence-electron chi connectivity index (χ2n) is 11.6. The minimum absolute atomic E-state index is 0.0877. The van der Waals surface area contributed by atoms with Crippen molar-refractivity contribution in [2.24, 2.45) is 0 Å². The number of esters is 1. The summed E-state index contributed by atoms with van der Waals surface area (Å²) in [6.07, 6.45) is 5.49. The van der Waals surface area contributed by atoms with Crippen molar-refractivity contribution in [3.63, 3.8) is 0 Å². The first-order valence-corrected chi connectivity index (χ1v) is 14.7. The van der Waals surface area contributed by atoms with Gasteiger partial charge in [-0.25, -0.2) is 14.6 Å².